The van der Waals surface area contributed by atoms with Gasteiger partial charge in [0.25, 0.3) is 0 Å². The molecule has 2 saturated carbocycles. The summed E-state index contributed by atoms with van der Waals surface area (Å²) in [6, 6.07) is 4.47. The minimum atomic E-state index is -0.500. The lowest BCUT2D eigenvalue weighted by atomic mass is 9.58. The summed E-state index contributed by atoms with van der Waals surface area (Å²) in [4.78, 5) is 0. The molecule has 120 valence electrons. The molecule has 2 nitrogen and oxygen atoms in total. The maximum atomic E-state index is 14.3. The van der Waals surface area contributed by atoms with Crippen LogP contribution in [0.4, 0.5) is 8.78 Å². The van der Waals surface area contributed by atoms with Crippen LogP contribution in [-0.4, -0.2) is 19.3 Å². The van der Waals surface area contributed by atoms with Crippen LogP contribution in [0.5, 0.6) is 0 Å². The van der Waals surface area contributed by atoms with Gasteiger partial charge in [0.2, 0.25) is 0 Å². The standard InChI is InChI=1S/C18H23F2NO/c19-13-2-3-14(15(20)12-13)18(5-1-6-18)21-16-4-7-17(16)8-10-22-11-9-17/h2-3,12,16,21H,1,4-11H2. The van der Waals surface area contributed by atoms with Gasteiger partial charge in [-0.25, -0.2) is 8.78 Å². The Bertz CT molecular complexity index is 564. The summed E-state index contributed by atoms with van der Waals surface area (Å²) < 4.78 is 33.0. The number of ether oxygens (including phenoxy) is 1. The van der Waals surface area contributed by atoms with Crippen molar-refractivity contribution in [3.8, 4) is 0 Å². The van der Waals surface area contributed by atoms with E-state index in [-0.39, 0.29) is 5.54 Å². The molecular formula is C18H23F2NO. The number of rotatable bonds is 3. The monoisotopic (exact) mass is 307 g/mol. The Kier molecular flexibility index (Phi) is 3.50. The first-order valence-electron chi connectivity index (χ1n) is 8.45. The van der Waals surface area contributed by atoms with Crippen LogP contribution in [0.2, 0.25) is 0 Å². The summed E-state index contributed by atoms with van der Waals surface area (Å²) in [7, 11) is 0. The van der Waals surface area contributed by atoms with Crippen LogP contribution in [0.15, 0.2) is 18.2 Å². The number of halogens is 2. The highest BCUT2D eigenvalue weighted by Crippen LogP contribution is 2.52. The van der Waals surface area contributed by atoms with Crippen molar-refractivity contribution < 1.29 is 13.5 Å². The lowest BCUT2D eigenvalue weighted by molar-refractivity contribution is -0.0706. The highest BCUT2D eigenvalue weighted by Gasteiger charge is 2.52. The average Bonchev–Trinajstić information content (AvgIpc) is 2.47. The van der Waals surface area contributed by atoms with E-state index < -0.39 is 11.6 Å². The molecule has 4 rings (SSSR count). The fourth-order valence-electron chi connectivity index (χ4n) is 4.53. The molecule has 1 unspecified atom stereocenters. The second-order valence-corrected chi connectivity index (χ2v) is 7.27. The van der Waals surface area contributed by atoms with Crippen LogP contribution in [0.3, 0.4) is 0 Å². The molecule has 0 aromatic heterocycles. The summed E-state index contributed by atoms with van der Waals surface area (Å²) in [5, 5.41) is 3.79. The molecule has 3 aliphatic rings. The Balaban J connectivity index is 1.57. The Hall–Kier alpha value is -1.00. The molecular weight excluding hydrogens is 284 g/mol. The molecule has 1 aromatic carbocycles. The average molecular weight is 307 g/mol. The third kappa shape index (κ3) is 2.19. The first-order chi connectivity index (χ1) is 10.6. The van der Waals surface area contributed by atoms with E-state index in [9.17, 15) is 8.78 Å². The van der Waals surface area contributed by atoms with Gasteiger partial charge in [-0.3, -0.25) is 0 Å². The van der Waals surface area contributed by atoms with Crippen molar-refractivity contribution in [3.05, 3.63) is 35.4 Å². The van der Waals surface area contributed by atoms with Gasteiger partial charge in [-0.2, -0.15) is 0 Å². The number of nitrogens with one attached hydrogen (secondary N) is 1. The number of hydrogen-bond donors (Lipinski definition) is 1. The van der Waals surface area contributed by atoms with Gasteiger partial charge in [-0.1, -0.05) is 6.07 Å². The van der Waals surface area contributed by atoms with E-state index in [4.69, 9.17) is 4.74 Å². The van der Waals surface area contributed by atoms with E-state index >= 15 is 0 Å². The first kappa shape index (κ1) is 14.6. The molecule has 0 radical (unpaired) electrons. The third-order valence-electron chi connectivity index (χ3n) is 6.26. The zero-order chi connectivity index (χ0) is 15.2. The normalized spacial score (nSPS) is 28.9. The summed E-state index contributed by atoms with van der Waals surface area (Å²) in [5.74, 6) is -0.909. The quantitative estimate of drug-likeness (QED) is 0.914. The van der Waals surface area contributed by atoms with Gasteiger partial charge in [0.1, 0.15) is 11.6 Å². The van der Waals surface area contributed by atoms with Crippen LogP contribution >= 0.6 is 0 Å². The fraction of sp³-hybridized carbons (Fsp3) is 0.667. The Labute approximate surface area is 130 Å². The summed E-state index contributed by atoms with van der Waals surface area (Å²) in [6.07, 6.45) is 7.60. The van der Waals surface area contributed by atoms with Gasteiger partial charge >= 0.3 is 0 Å². The second-order valence-electron chi connectivity index (χ2n) is 7.27. The van der Waals surface area contributed by atoms with E-state index in [2.05, 4.69) is 5.32 Å². The van der Waals surface area contributed by atoms with Gasteiger partial charge in [0.15, 0.2) is 0 Å². The lowest BCUT2D eigenvalue weighted by Crippen LogP contribution is -2.63. The topological polar surface area (TPSA) is 21.3 Å². The van der Waals surface area contributed by atoms with E-state index in [1.165, 1.54) is 12.5 Å². The molecule has 1 aliphatic heterocycles. The van der Waals surface area contributed by atoms with E-state index in [1.807, 2.05) is 0 Å². The molecule has 3 fully saturated rings. The molecule has 2 aliphatic carbocycles. The smallest absolute Gasteiger partial charge is 0.131 e. The van der Waals surface area contributed by atoms with Gasteiger partial charge in [0.05, 0.1) is 0 Å². The van der Waals surface area contributed by atoms with Gasteiger partial charge in [-0.15, -0.1) is 0 Å². The largest absolute Gasteiger partial charge is 0.381 e. The molecule has 22 heavy (non-hydrogen) atoms. The predicted molar refractivity (Wildman–Crippen MR) is 80.5 cm³/mol. The zero-order valence-electron chi connectivity index (χ0n) is 12.8. The third-order valence-corrected chi connectivity index (χ3v) is 6.26. The molecule has 0 bridgehead atoms. The van der Waals surface area contributed by atoms with Crippen molar-refractivity contribution in [2.45, 2.75) is 56.5 Å². The minimum absolute atomic E-state index is 0.284. The van der Waals surface area contributed by atoms with Crippen LogP contribution in [0.1, 0.15) is 50.5 Å². The number of hydrogen-bond acceptors (Lipinski definition) is 2. The molecule has 0 amide bonds. The molecule has 4 heteroatoms. The second kappa shape index (κ2) is 5.27. The minimum Gasteiger partial charge on any atom is -0.381 e. The van der Waals surface area contributed by atoms with Gasteiger partial charge < -0.3 is 10.1 Å². The van der Waals surface area contributed by atoms with E-state index in [0.29, 0.717) is 17.0 Å². The van der Waals surface area contributed by atoms with E-state index in [0.717, 1.165) is 57.8 Å². The summed E-state index contributed by atoms with van der Waals surface area (Å²) in [6.45, 7) is 1.69. The van der Waals surface area contributed by atoms with Gasteiger partial charge in [0, 0.05) is 36.4 Å². The highest BCUT2D eigenvalue weighted by atomic mass is 19.1. The first-order valence-corrected chi connectivity index (χ1v) is 8.45. The van der Waals surface area contributed by atoms with Crippen LogP contribution in [0, 0.1) is 17.0 Å². The number of benzene rings is 1. The molecule has 1 spiro atoms. The molecule has 1 N–H and O–H groups in total. The maximum Gasteiger partial charge on any atom is 0.131 e. The van der Waals surface area contributed by atoms with Crippen molar-refractivity contribution >= 4 is 0 Å². The van der Waals surface area contributed by atoms with Crippen molar-refractivity contribution in [1.82, 2.24) is 5.32 Å². The molecule has 1 aromatic rings. The molecule has 1 heterocycles. The van der Waals surface area contributed by atoms with Crippen molar-refractivity contribution in [1.29, 1.82) is 0 Å². The Morgan fingerprint density at radius 1 is 1.05 bits per heavy atom. The highest BCUT2D eigenvalue weighted by molar-refractivity contribution is 5.30. The van der Waals surface area contributed by atoms with Crippen molar-refractivity contribution in [2.24, 2.45) is 5.41 Å². The fourth-order valence-corrected chi connectivity index (χ4v) is 4.53. The molecule has 1 saturated heterocycles. The summed E-state index contributed by atoms with van der Waals surface area (Å²) >= 11 is 0. The van der Waals surface area contributed by atoms with E-state index in [1.54, 1.807) is 6.07 Å². The van der Waals surface area contributed by atoms with Crippen LogP contribution in [-0.2, 0) is 10.3 Å². The Morgan fingerprint density at radius 2 is 1.82 bits per heavy atom. The van der Waals surface area contributed by atoms with Crippen molar-refractivity contribution in [2.75, 3.05) is 13.2 Å². The maximum absolute atomic E-state index is 14.3. The SMILES string of the molecule is Fc1ccc(C2(NC3CCC34CCOCC4)CCC2)c(F)c1. The zero-order valence-corrected chi connectivity index (χ0v) is 12.8. The van der Waals surface area contributed by atoms with Crippen LogP contribution < -0.4 is 5.32 Å². The molecule has 1 atom stereocenters. The Morgan fingerprint density at radius 3 is 2.36 bits per heavy atom. The van der Waals surface area contributed by atoms with Crippen LogP contribution in [0.25, 0.3) is 0 Å². The van der Waals surface area contributed by atoms with Gasteiger partial charge in [-0.05, 0) is 56.4 Å². The predicted octanol–water partition coefficient (Wildman–Crippen LogP) is 3.89. The van der Waals surface area contributed by atoms with Crippen molar-refractivity contribution in [3.63, 3.8) is 0 Å². The lowest BCUT2D eigenvalue weighted by Gasteiger charge is -2.57. The summed E-state index contributed by atoms with van der Waals surface area (Å²) in [5.41, 5.74) is 0.708.